The van der Waals surface area contributed by atoms with E-state index in [2.05, 4.69) is 0 Å². The molecule has 0 aromatic rings. The van der Waals surface area contributed by atoms with Gasteiger partial charge in [0.05, 0.1) is 12.5 Å². The maximum absolute atomic E-state index is 10.4. The molecule has 0 amide bonds. The van der Waals surface area contributed by atoms with Gasteiger partial charge in [0.15, 0.2) is 0 Å². The summed E-state index contributed by atoms with van der Waals surface area (Å²) in [4.78, 5) is 0. The van der Waals surface area contributed by atoms with Gasteiger partial charge in [0.1, 0.15) is 0 Å². The van der Waals surface area contributed by atoms with Crippen LogP contribution >= 0.6 is 11.8 Å². The number of sulfonamides is 2. The molecule has 0 atom stereocenters. The van der Waals surface area contributed by atoms with Crippen molar-refractivity contribution in [3.63, 3.8) is 0 Å². The van der Waals surface area contributed by atoms with E-state index < -0.39 is 20.0 Å². The van der Waals surface area contributed by atoms with Crippen LogP contribution in [0.4, 0.5) is 0 Å². The van der Waals surface area contributed by atoms with Gasteiger partial charge in [-0.3, -0.25) is 0 Å². The highest BCUT2D eigenvalue weighted by Crippen LogP contribution is 2.07. The van der Waals surface area contributed by atoms with Crippen LogP contribution in [0.15, 0.2) is 0 Å². The summed E-state index contributed by atoms with van der Waals surface area (Å²) in [7, 11) is -7.70. The minimum Gasteiger partial charge on any atom is -0.210 e. The van der Waals surface area contributed by atoms with E-state index in [4.69, 9.17) is 11.8 Å². The van der Waals surface area contributed by atoms with Crippen LogP contribution in [-0.2, 0) is 20.0 Å². The third-order valence-electron chi connectivity index (χ3n) is 0.521. The second kappa shape index (κ2) is 2.65. The Morgan fingerprint density at radius 3 is 1.20 bits per heavy atom. The largest absolute Gasteiger partial charge is 0.238 e. The Labute approximate surface area is 64.8 Å². The van der Waals surface area contributed by atoms with E-state index in [1.165, 1.54) is 0 Å². The molecule has 0 aromatic carbocycles. The average molecular weight is 208 g/mol. The van der Waals surface area contributed by atoms with Crippen molar-refractivity contribution >= 4 is 31.8 Å². The smallest absolute Gasteiger partial charge is 0.210 e. The van der Waals surface area contributed by atoms with E-state index in [0.29, 0.717) is 12.5 Å². The van der Waals surface area contributed by atoms with E-state index >= 15 is 0 Å². The lowest BCUT2D eigenvalue weighted by molar-refractivity contribution is 0.560. The first-order valence-electron chi connectivity index (χ1n) is 2.02. The third-order valence-corrected chi connectivity index (χ3v) is 4.69. The molecule has 0 N–H and O–H groups in total. The Bertz CT molecular complexity index is 270. The molecule has 62 valence electrons. The summed E-state index contributed by atoms with van der Waals surface area (Å²) in [6.45, 7) is 0. The van der Waals surface area contributed by atoms with Gasteiger partial charge >= 0.3 is 0 Å². The fourth-order valence-electron chi connectivity index (χ4n) is 0.246. The Kier molecular flexibility index (Phi) is 2.69. The van der Waals surface area contributed by atoms with Crippen LogP contribution in [0.3, 0.4) is 0 Å². The summed E-state index contributed by atoms with van der Waals surface area (Å²) < 4.78 is 41.4. The van der Waals surface area contributed by atoms with Crippen LogP contribution in [0.25, 0.3) is 0 Å². The van der Waals surface area contributed by atoms with Gasteiger partial charge in [-0.15, -0.1) is 0 Å². The quantitative estimate of drug-likeness (QED) is 0.565. The van der Waals surface area contributed by atoms with Gasteiger partial charge in [-0.05, 0) is 3.23 Å². The van der Waals surface area contributed by atoms with Crippen LogP contribution in [0, 0.1) is 0 Å². The highest BCUT2D eigenvalue weighted by atomic mass is 35.5. The molecule has 8 heteroatoms. The van der Waals surface area contributed by atoms with Gasteiger partial charge in [0.2, 0.25) is 20.0 Å². The van der Waals surface area contributed by atoms with Crippen molar-refractivity contribution in [2.24, 2.45) is 0 Å². The normalized spacial score (nSPS) is 14.0. The first kappa shape index (κ1) is 10.2. The van der Waals surface area contributed by atoms with Crippen molar-refractivity contribution < 1.29 is 16.8 Å². The molecule has 0 saturated heterocycles. The molecule has 0 aliphatic rings. The van der Waals surface area contributed by atoms with E-state index in [-0.39, 0.29) is 3.23 Å². The van der Waals surface area contributed by atoms with Crippen LogP contribution in [0.2, 0.25) is 0 Å². The SMILES string of the molecule is CS(=O)(=O)N(Cl)S(C)(=O)=O. The Balaban J connectivity index is 4.94. The number of rotatable bonds is 2. The van der Waals surface area contributed by atoms with Gasteiger partial charge in [-0.1, -0.05) is 0 Å². The summed E-state index contributed by atoms with van der Waals surface area (Å²) in [5.41, 5.74) is 0. The number of hydrogen-bond donors (Lipinski definition) is 0. The minimum atomic E-state index is -3.85. The summed E-state index contributed by atoms with van der Waals surface area (Å²) >= 11 is 4.89. The van der Waals surface area contributed by atoms with E-state index in [1.807, 2.05) is 0 Å². The zero-order valence-electron chi connectivity index (χ0n) is 5.27. The van der Waals surface area contributed by atoms with Gasteiger partial charge in [0.25, 0.3) is 0 Å². The van der Waals surface area contributed by atoms with Crippen molar-refractivity contribution in [2.75, 3.05) is 12.5 Å². The van der Waals surface area contributed by atoms with Crippen molar-refractivity contribution in [3.05, 3.63) is 0 Å². The summed E-state index contributed by atoms with van der Waals surface area (Å²) in [5, 5.41) is 0. The molecule has 0 unspecified atom stereocenters. The van der Waals surface area contributed by atoms with Gasteiger partial charge in [-0.25, -0.2) is 16.8 Å². The molecule has 0 rings (SSSR count). The van der Waals surface area contributed by atoms with Gasteiger partial charge < -0.3 is 0 Å². The predicted octanol–water partition coefficient (Wildman–Crippen LogP) is -0.639. The van der Waals surface area contributed by atoms with Crippen LogP contribution in [-0.4, -0.2) is 32.6 Å². The maximum Gasteiger partial charge on any atom is 0.238 e. The molecule has 0 heterocycles. The molecule has 0 aromatic heterocycles. The summed E-state index contributed by atoms with van der Waals surface area (Å²) in [5.74, 6) is 0. The van der Waals surface area contributed by atoms with Crippen molar-refractivity contribution in [3.8, 4) is 0 Å². The van der Waals surface area contributed by atoms with E-state index in [0.717, 1.165) is 0 Å². The van der Waals surface area contributed by atoms with Crippen molar-refractivity contribution in [1.82, 2.24) is 3.23 Å². The lowest BCUT2D eigenvalue weighted by Gasteiger charge is -2.05. The van der Waals surface area contributed by atoms with Crippen LogP contribution in [0.1, 0.15) is 0 Å². The first-order valence-corrected chi connectivity index (χ1v) is 6.05. The van der Waals surface area contributed by atoms with Gasteiger partial charge in [-0.2, -0.15) is 0 Å². The van der Waals surface area contributed by atoms with E-state index in [1.54, 1.807) is 0 Å². The van der Waals surface area contributed by atoms with Crippen LogP contribution in [0.5, 0.6) is 0 Å². The van der Waals surface area contributed by atoms with Gasteiger partial charge in [0, 0.05) is 11.8 Å². The highest BCUT2D eigenvalue weighted by Gasteiger charge is 2.23. The molecule has 10 heavy (non-hydrogen) atoms. The Morgan fingerprint density at radius 1 is 1.00 bits per heavy atom. The maximum atomic E-state index is 10.4. The topological polar surface area (TPSA) is 71.5 Å². The lowest BCUT2D eigenvalue weighted by Crippen LogP contribution is -2.26. The Hall–Kier alpha value is 0.150. The molecule has 0 fully saturated rings. The molecule has 5 nitrogen and oxygen atoms in total. The van der Waals surface area contributed by atoms with E-state index in [9.17, 15) is 16.8 Å². The Morgan fingerprint density at radius 2 is 1.20 bits per heavy atom. The fourth-order valence-corrected chi connectivity index (χ4v) is 2.21. The van der Waals surface area contributed by atoms with Crippen molar-refractivity contribution in [2.45, 2.75) is 0 Å². The second-order valence-electron chi connectivity index (χ2n) is 1.68. The van der Waals surface area contributed by atoms with Crippen molar-refractivity contribution in [1.29, 1.82) is 0 Å². The fraction of sp³-hybridized carbons (Fsp3) is 1.00. The zero-order chi connectivity index (χ0) is 8.58. The standard InChI is InChI=1S/C2H6ClNO4S2/c1-9(5,6)4(3)10(2,7)8/h1-2H3. The number of nitrogens with zero attached hydrogens (tertiary/aromatic N) is 1. The number of hydrogen-bond acceptors (Lipinski definition) is 4. The molecular formula is C2H6ClNO4S2. The molecule has 0 saturated carbocycles. The molecule has 0 aliphatic heterocycles. The molecular weight excluding hydrogens is 202 g/mol. The molecule has 0 bridgehead atoms. The zero-order valence-corrected chi connectivity index (χ0v) is 7.66. The average Bonchev–Trinajstić information content (AvgIpc) is 1.59. The minimum absolute atomic E-state index is 0.208. The second-order valence-corrected chi connectivity index (χ2v) is 6.31. The van der Waals surface area contributed by atoms with Crippen LogP contribution < -0.4 is 0 Å². The summed E-state index contributed by atoms with van der Waals surface area (Å²) in [6, 6.07) is 0. The molecule has 0 aliphatic carbocycles. The monoisotopic (exact) mass is 207 g/mol. The highest BCUT2D eigenvalue weighted by molar-refractivity contribution is 8.04. The predicted molar refractivity (Wildman–Crippen MR) is 37.4 cm³/mol. The number of halogens is 1. The first-order chi connectivity index (χ1) is 4.15. The lowest BCUT2D eigenvalue weighted by atomic mass is 12.0. The molecule has 0 spiro atoms. The molecule has 0 radical (unpaired) electrons. The summed E-state index contributed by atoms with van der Waals surface area (Å²) in [6.07, 6.45) is 1.39. The third kappa shape index (κ3) is 2.82.